The number of anilines is 1. The van der Waals surface area contributed by atoms with Crippen molar-refractivity contribution in [1.82, 2.24) is 0 Å². The molecule has 2 aliphatic rings. The van der Waals surface area contributed by atoms with Crippen molar-refractivity contribution in [3.63, 3.8) is 0 Å². The second kappa shape index (κ2) is 12.4. The Hall–Kier alpha value is -0.480. The normalized spacial score (nSPS) is 18.5. The molecular weight excluding hydrogens is 660 g/mol. The molecule has 2 aliphatic heterocycles. The van der Waals surface area contributed by atoms with E-state index in [-0.39, 0.29) is 32.2 Å². The van der Waals surface area contributed by atoms with Gasteiger partial charge >= 0.3 is 218 Å². The molecule has 1 aromatic heterocycles. The van der Waals surface area contributed by atoms with E-state index in [1.54, 1.807) is 11.8 Å². The SMILES string of the molecule is CCC(=Cc1sc2c([n+]1C)[Te]C(SC)C=C2)C=C1Sc2ccc(Cl)cc2N1CCCS(=O)(=O)O.[OH-]. The van der Waals surface area contributed by atoms with E-state index in [2.05, 4.69) is 54.0 Å². The Morgan fingerprint density at radius 3 is 2.86 bits per heavy atom. The zero-order valence-electron chi connectivity index (χ0n) is 19.5. The fourth-order valence-corrected chi connectivity index (χ4v) is 11.5. The molecule has 2 aromatic rings. The molecule has 4 rings (SSSR count). The van der Waals surface area contributed by atoms with Gasteiger partial charge in [0.2, 0.25) is 0 Å². The maximum atomic E-state index is 11.3. The van der Waals surface area contributed by atoms with Gasteiger partial charge in [-0.25, -0.2) is 0 Å². The van der Waals surface area contributed by atoms with Gasteiger partial charge in [0.1, 0.15) is 0 Å². The number of rotatable bonds is 8. The van der Waals surface area contributed by atoms with Crippen molar-refractivity contribution in [2.75, 3.05) is 23.5 Å². The van der Waals surface area contributed by atoms with Crippen LogP contribution in [-0.2, 0) is 17.2 Å². The van der Waals surface area contributed by atoms with Gasteiger partial charge in [-0.3, -0.25) is 4.55 Å². The second-order valence-corrected chi connectivity index (χ2v) is 17.1. The van der Waals surface area contributed by atoms with Crippen LogP contribution >= 0.6 is 46.5 Å². The summed E-state index contributed by atoms with van der Waals surface area (Å²) >= 11 is 11.4. The van der Waals surface area contributed by atoms with Gasteiger partial charge in [0, 0.05) is 0 Å². The molecule has 0 saturated heterocycles. The van der Waals surface area contributed by atoms with E-state index in [1.165, 1.54) is 19.2 Å². The molecule has 0 amide bonds. The zero-order chi connectivity index (χ0) is 24.5. The fourth-order valence-electron chi connectivity index (χ4n) is 3.68. The number of nitrogens with zero attached hydrogens (tertiary/aromatic N) is 2. The number of allylic oxidation sites excluding steroid dienone is 2. The van der Waals surface area contributed by atoms with E-state index in [4.69, 9.17) is 11.6 Å². The van der Waals surface area contributed by atoms with Crippen LogP contribution in [0.5, 0.6) is 0 Å². The number of hydrogen-bond donors (Lipinski definition) is 1. The number of benzene rings is 1. The number of hydrogen-bond acceptors (Lipinski definition) is 7. The van der Waals surface area contributed by atoms with Crippen LogP contribution in [0.25, 0.3) is 12.2 Å². The summed E-state index contributed by atoms with van der Waals surface area (Å²) in [5, 5.41) is 2.93. The Balaban J connectivity index is 0.00000342. The first-order chi connectivity index (χ1) is 16.2. The van der Waals surface area contributed by atoms with Gasteiger partial charge in [-0.05, 0) is 0 Å². The van der Waals surface area contributed by atoms with Crippen LogP contribution in [0.2, 0.25) is 5.02 Å². The second-order valence-electron chi connectivity index (χ2n) is 7.81. The van der Waals surface area contributed by atoms with Crippen molar-refractivity contribution < 1.29 is 23.0 Å². The number of thiazole rings is 1. The van der Waals surface area contributed by atoms with Gasteiger partial charge in [0.05, 0.1) is 0 Å². The molecule has 0 aliphatic carbocycles. The van der Waals surface area contributed by atoms with E-state index in [9.17, 15) is 13.0 Å². The van der Waals surface area contributed by atoms with Crippen molar-refractivity contribution in [1.29, 1.82) is 0 Å². The summed E-state index contributed by atoms with van der Waals surface area (Å²) < 4.78 is 36.2. The van der Waals surface area contributed by atoms with E-state index in [0.717, 1.165) is 22.0 Å². The minimum Gasteiger partial charge on any atom is -0.870 e. The first-order valence-electron chi connectivity index (χ1n) is 10.7. The quantitative estimate of drug-likeness (QED) is 0.246. The molecule has 2 N–H and O–H groups in total. The molecule has 1 aromatic carbocycles. The molecule has 0 fully saturated rings. The number of aromatic nitrogens is 1. The maximum absolute atomic E-state index is 11.3. The molecular formula is C23H27ClN2O4S4Te. The van der Waals surface area contributed by atoms with Crippen LogP contribution in [0, 0.1) is 0 Å². The number of fused-ring (bicyclic) bond motifs is 2. The molecule has 0 saturated carbocycles. The molecule has 12 heteroatoms. The zero-order valence-corrected chi connectivity index (χ0v) is 25.8. The Kier molecular flexibility index (Phi) is 10.3. The number of thioether (sulfide) groups is 2. The number of halogens is 1. The predicted octanol–water partition coefficient (Wildman–Crippen LogP) is 4.62. The van der Waals surface area contributed by atoms with Gasteiger partial charge in [0.15, 0.2) is 0 Å². The standard InChI is InChI=1S/C23H25ClN2O3S4Te.H2O/c1-4-15(12-20-25(2)23-19(32-20)8-9-22(30-3)34-23)13-21-26(10-5-11-33(27,28)29)17-14-16(24)6-7-18(17)31-21;/h6-9,12-14,22H,4-5,10-11H2,1-3H3;1H2. The van der Waals surface area contributed by atoms with Crippen molar-refractivity contribution in [2.45, 2.75) is 28.0 Å². The Bertz CT molecular complexity index is 1290. The van der Waals surface area contributed by atoms with Gasteiger partial charge in [-0.15, -0.1) is 0 Å². The molecule has 3 heterocycles. The summed E-state index contributed by atoms with van der Waals surface area (Å²) in [6.07, 6.45) is 12.5. The van der Waals surface area contributed by atoms with Crippen molar-refractivity contribution in [3.8, 4) is 0 Å². The van der Waals surface area contributed by atoms with Gasteiger partial charge < -0.3 is 5.48 Å². The summed E-state index contributed by atoms with van der Waals surface area (Å²) in [6, 6.07) is 5.79. The van der Waals surface area contributed by atoms with E-state index in [0.29, 0.717) is 21.3 Å². The van der Waals surface area contributed by atoms with Crippen LogP contribution < -0.4 is 13.2 Å². The third kappa shape index (κ3) is 7.09. The van der Waals surface area contributed by atoms with Crippen molar-refractivity contribution in [3.05, 3.63) is 55.9 Å². The Morgan fingerprint density at radius 2 is 2.17 bits per heavy atom. The van der Waals surface area contributed by atoms with Crippen LogP contribution in [-0.4, -0.2) is 61.2 Å². The third-order valence-corrected chi connectivity index (χ3v) is 15.2. The van der Waals surface area contributed by atoms with Crippen LogP contribution in [0.3, 0.4) is 0 Å². The topological polar surface area (TPSA) is 91.5 Å². The van der Waals surface area contributed by atoms with Crippen molar-refractivity contribution in [2.24, 2.45) is 7.05 Å². The molecule has 190 valence electrons. The van der Waals surface area contributed by atoms with Crippen LogP contribution in [0.1, 0.15) is 29.7 Å². The predicted molar refractivity (Wildman–Crippen MR) is 151 cm³/mol. The molecule has 6 nitrogen and oxygen atoms in total. The first kappa shape index (κ1) is 29.1. The van der Waals surface area contributed by atoms with E-state index >= 15 is 0 Å². The average molecular weight is 687 g/mol. The average Bonchev–Trinajstić information content (AvgIpc) is 3.28. The Labute approximate surface area is 234 Å². The van der Waals surface area contributed by atoms with Crippen LogP contribution in [0.4, 0.5) is 5.69 Å². The van der Waals surface area contributed by atoms with E-state index < -0.39 is 10.1 Å². The minimum absolute atomic E-state index is 0. The first-order valence-corrected chi connectivity index (χ1v) is 18.1. The Morgan fingerprint density at radius 1 is 1.40 bits per heavy atom. The summed E-state index contributed by atoms with van der Waals surface area (Å²) in [5.41, 5.74) is 2.19. The minimum atomic E-state index is -4.00. The molecule has 0 radical (unpaired) electrons. The summed E-state index contributed by atoms with van der Waals surface area (Å²) in [5.74, 6) is -0.265. The van der Waals surface area contributed by atoms with Crippen LogP contribution in [0.15, 0.2) is 45.8 Å². The van der Waals surface area contributed by atoms with Gasteiger partial charge in [-0.2, -0.15) is 8.42 Å². The molecule has 1 atom stereocenters. The van der Waals surface area contributed by atoms with Gasteiger partial charge in [0.25, 0.3) is 0 Å². The van der Waals surface area contributed by atoms with Crippen molar-refractivity contribution >= 4 is 99.1 Å². The summed E-state index contributed by atoms with van der Waals surface area (Å²) in [4.78, 5) is 4.58. The molecule has 0 spiro atoms. The fraction of sp³-hybridized carbons (Fsp3) is 0.348. The van der Waals surface area contributed by atoms with E-state index in [1.807, 2.05) is 41.3 Å². The summed E-state index contributed by atoms with van der Waals surface area (Å²) in [6.45, 7) is 2.64. The smallest absolute Gasteiger partial charge is 0.870 e. The molecule has 0 bridgehead atoms. The molecule has 1 unspecified atom stereocenters. The monoisotopic (exact) mass is 688 g/mol. The third-order valence-electron chi connectivity index (χ3n) is 5.43. The molecule has 35 heavy (non-hydrogen) atoms. The summed E-state index contributed by atoms with van der Waals surface area (Å²) in [7, 11) is -1.82. The van der Waals surface area contributed by atoms with Gasteiger partial charge in [-0.1, -0.05) is 0 Å².